The molecule has 9 atom stereocenters. The SMILES string of the molecule is C/C=C(\Br)C(=O)NCC1OCC(C(=O)Nc2cc3c4c([nH]c3cc2OCOP(=O)(O)O)SC[C@@H]2NC(=O)CNC(=O)[C@H]([C@@H](C)CC)NC(=O)CNC[C@@H](CC(=O)[C@H]([C@@H](C)CC)NC(=O)[C@@H]3C[C@@H](O)CN3C(=O)[C@H](CC(=O)O)NC2=O)C4)CO1. The third-order valence-corrected chi connectivity index (χ3v) is 17.0. The molecule has 4 aliphatic heterocycles. The van der Waals surface area contributed by atoms with E-state index in [1.807, 2.05) is 0 Å². The van der Waals surface area contributed by atoms with Crippen molar-refractivity contribution >= 4 is 111 Å². The normalized spacial score (nSPS) is 26.7. The Morgan fingerprint density at radius 1 is 0.928 bits per heavy atom. The number of aliphatic carboxylic acids is 1. The van der Waals surface area contributed by atoms with Crippen molar-refractivity contribution in [1.82, 2.24) is 47.1 Å². The Hall–Kier alpha value is -6.02. The van der Waals surface area contributed by atoms with Crippen LogP contribution in [0.4, 0.5) is 5.69 Å². The number of thioether (sulfide) groups is 1. The van der Waals surface area contributed by atoms with Crippen molar-refractivity contribution in [2.75, 3.05) is 63.8 Å². The Labute approximate surface area is 489 Å². The van der Waals surface area contributed by atoms with E-state index < -0.39 is 159 Å². The molecule has 0 aliphatic carbocycles. The zero-order chi connectivity index (χ0) is 60.9. The topological polar surface area (TPSA) is 421 Å². The van der Waals surface area contributed by atoms with E-state index in [0.717, 1.165) is 16.7 Å². The quantitative estimate of drug-likeness (QED) is 0.0600. The number of ketones is 1. The maximum absolute atomic E-state index is 14.9. The van der Waals surface area contributed by atoms with Gasteiger partial charge in [0.15, 0.2) is 18.9 Å². The second kappa shape index (κ2) is 30.2. The fourth-order valence-corrected chi connectivity index (χ4v) is 11.1. The van der Waals surface area contributed by atoms with Crippen molar-refractivity contribution in [3.05, 3.63) is 28.3 Å². The number of Topliss-reactive ketones (excluding diaryl/α,β-unsaturated/α-hetero) is 1. The van der Waals surface area contributed by atoms with E-state index in [0.29, 0.717) is 23.8 Å². The molecule has 1 aromatic carbocycles. The minimum atomic E-state index is -5.10. The standard InChI is InChI=1S/C51H72BrN10O19PS/c1-6-24(4)43-37(64)10-26-9-30-29-12-33(57-45(69)27-20-78-42(79-21-27)18-55-46(70)31(52)8-3)38(80-23-81-82(75,76)77)13-32(29)59-50(30)83-22-35(56-40(66)17-54-49(73)44(25(5)7-2)60-39(65)16-53-15-26)47(71)58-34(14-41(67)68)51(74)62-19-28(63)11-36(62)48(72)61-43/h8,12-13,24-28,34-36,42-44,53,59,63H,6-7,9-11,14-23H2,1-5H3,(H,54,73)(H,55,70)(H,56,66)(H,57,69)(H,58,71)(H,60,65)(H,61,72)(H,67,68)(H2,75,76,77)/b31-8-/t24-,25-,26+,27?,28+,34-,35-,36-,42?,43-,44-/m0/s1. The van der Waals surface area contributed by atoms with E-state index in [1.54, 1.807) is 40.7 Å². The lowest BCUT2D eigenvalue weighted by Crippen LogP contribution is -2.59. The van der Waals surface area contributed by atoms with Gasteiger partial charge in [0.05, 0.1) is 78.0 Å². The lowest BCUT2D eigenvalue weighted by Gasteiger charge is -2.31. The first kappa shape index (κ1) is 66.1. The van der Waals surface area contributed by atoms with Gasteiger partial charge in [-0.05, 0) is 65.2 Å². The molecule has 6 rings (SSSR count). The van der Waals surface area contributed by atoms with E-state index in [-0.39, 0.29) is 84.3 Å². The number of aromatic nitrogens is 1. The Bertz CT molecular complexity index is 2850. The van der Waals surface area contributed by atoms with Crippen LogP contribution in [0, 0.1) is 23.7 Å². The summed E-state index contributed by atoms with van der Waals surface area (Å²) in [5, 5.41) is 43.1. The van der Waals surface area contributed by atoms with E-state index in [9.17, 15) is 72.5 Å². The highest BCUT2D eigenvalue weighted by Crippen LogP contribution is 2.40. The van der Waals surface area contributed by atoms with Crippen LogP contribution in [-0.4, -0.2) is 190 Å². The van der Waals surface area contributed by atoms with Crippen LogP contribution in [0.15, 0.2) is 27.7 Å². The summed E-state index contributed by atoms with van der Waals surface area (Å²) in [6.45, 7) is 5.74. The van der Waals surface area contributed by atoms with Gasteiger partial charge in [-0.3, -0.25) is 47.9 Å². The summed E-state index contributed by atoms with van der Waals surface area (Å²) in [6, 6.07) is -4.37. The first-order valence-electron chi connectivity index (χ1n) is 27.0. The fourth-order valence-electron chi connectivity index (χ4n) is 9.68. The first-order chi connectivity index (χ1) is 39.3. The van der Waals surface area contributed by atoms with Gasteiger partial charge in [-0.25, -0.2) is 9.09 Å². The number of nitrogens with one attached hydrogen (secondary N) is 9. The number of aromatic amines is 1. The average Bonchev–Trinajstić information content (AvgIpc) is 4.18. The van der Waals surface area contributed by atoms with Gasteiger partial charge >= 0.3 is 13.8 Å². The molecule has 0 saturated carbocycles. The molecule has 8 amide bonds. The summed E-state index contributed by atoms with van der Waals surface area (Å²) < 4.78 is 33.9. The Kier molecular flexibility index (Phi) is 24.0. The first-order valence-corrected chi connectivity index (χ1v) is 30.3. The highest BCUT2D eigenvalue weighted by Gasteiger charge is 2.44. The number of carboxylic acids is 1. The smallest absolute Gasteiger partial charge is 0.472 e. The zero-order valence-electron chi connectivity index (χ0n) is 46.3. The minimum absolute atomic E-state index is 0.0372. The molecule has 2 fully saturated rings. The number of benzene rings is 1. The number of ether oxygens (including phenoxy) is 3. The van der Waals surface area contributed by atoms with Crippen LogP contribution in [-0.2, 0) is 72.9 Å². The van der Waals surface area contributed by atoms with Gasteiger partial charge in [0.25, 0.3) is 5.91 Å². The van der Waals surface area contributed by atoms with E-state index >= 15 is 0 Å². The molecule has 2 bridgehead atoms. The van der Waals surface area contributed by atoms with Gasteiger partial charge in [0, 0.05) is 36.6 Å². The number of H-pyrrole nitrogens is 1. The van der Waals surface area contributed by atoms with Crippen molar-refractivity contribution in [3.63, 3.8) is 0 Å². The van der Waals surface area contributed by atoms with Crippen LogP contribution in [0.2, 0.25) is 0 Å². The predicted octanol–water partition coefficient (Wildman–Crippen LogP) is -0.633. The lowest BCUT2D eigenvalue weighted by molar-refractivity contribution is -0.197. The molecule has 0 unspecified atom stereocenters. The second-order valence-corrected chi connectivity index (χ2v) is 23.8. The van der Waals surface area contributed by atoms with Crippen molar-refractivity contribution < 1.29 is 91.2 Å². The summed E-state index contributed by atoms with van der Waals surface area (Å²) >= 11 is 4.10. The maximum Gasteiger partial charge on any atom is 0.472 e. The van der Waals surface area contributed by atoms with E-state index in [1.165, 1.54) is 12.1 Å². The van der Waals surface area contributed by atoms with Crippen molar-refractivity contribution in [2.45, 2.75) is 121 Å². The Morgan fingerprint density at radius 2 is 1.61 bits per heavy atom. The molecule has 4 aliphatic rings. The second-order valence-electron chi connectivity index (χ2n) is 20.7. The van der Waals surface area contributed by atoms with Gasteiger partial charge in [-0.1, -0.05) is 46.6 Å². The number of allylic oxidation sites excluding steroid dienone is 1. The minimum Gasteiger partial charge on any atom is -0.481 e. The number of hydrogen-bond donors (Lipinski definition) is 13. The van der Waals surface area contributed by atoms with Gasteiger partial charge in [0.2, 0.25) is 41.4 Å². The number of nitrogens with zero attached hydrogens (tertiary/aromatic N) is 1. The van der Waals surface area contributed by atoms with Crippen molar-refractivity contribution in [3.8, 4) is 5.75 Å². The van der Waals surface area contributed by atoms with Crippen LogP contribution < -0.4 is 47.3 Å². The van der Waals surface area contributed by atoms with Crippen LogP contribution in [0.25, 0.3) is 10.9 Å². The lowest BCUT2D eigenvalue weighted by atomic mass is 9.87. The van der Waals surface area contributed by atoms with Crippen LogP contribution in [0.3, 0.4) is 0 Å². The molecule has 83 heavy (non-hydrogen) atoms. The number of phosphoric acid groups is 1. The number of carboxylic acid groups (broad SMARTS) is 1. The largest absolute Gasteiger partial charge is 0.481 e. The zero-order valence-corrected chi connectivity index (χ0v) is 49.6. The number of fused-ring (bicyclic) bond motifs is 5. The van der Waals surface area contributed by atoms with Gasteiger partial charge in [-0.15, -0.1) is 11.8 Å². The number of phosphoric ester groups is 1. The highest BCUT2D eigenvalue weighted by molar-refractivity contribution is 9.12. The molecule has 0 spiro atoms. The number of carbonyl (C=O) groups is 10. The summed E-state index contributed by atoms with van der Waals surface area (Å²) in [4.78, 5) is 161. The molecule has 13 N–H and O–H groups in total. The van der Waals surface area contributed by atoms with Gasteiger partial charge in [-0.2, -0.15) is 0 Å². The van der Waals surface area contributed by atoms with Crippen molar-refractivity contribution in [2.24, 2.45) is 23.7 Å². The third kappa shape index (κ3) is 18.5. The van der Waals surface area contributed by atoms with Crippen molar-refractivity contribution in [1.29, 1.82) is 0 Å². The number of rotatable bonds is 15. The molecule has 29 nitrogen and oxygen atoms in total. The molecule has 1 aromatic heterocycles. The number of aliphatic hydroxyl groups excluding tert-OH is 1. The van der Waals surface area contributed by atoms with Crippen LogP contribution >= 0.6 is 35.5 Å². The monoisotopic (exact) mass is 1270 g/mol. The van der Waals surface area contributed by atoms with E-state index in [4.69, 9.17) is 14.2 Å². The number of hydrogen-bond acceptors (Lipinski definition) is 18. The molecule has 2 aromatic rings. The summed E-state index contributed by atoms with van der Waals surface area (Å²) in [5.41, 5.74) is 0.618. The number of aliphatic hydroxyl groups is 1. The van der Waals surface area contributed by atoms with Crippen LogP contribution in [0.5, 0.6) is 5.75 Å². The number of amides is 8. The Balaban J connectivity index is 1.50. The number of anilines is 1. The van der Waals surface area contributed by atoms with Gasteiger partial charge < -0.3 is 86.6 Å². The number of halogens is 1. The summed E-state index contributed by atoms with van der Waals surface area (Å²) in [6.07, 6.45) is -1.43. The molecule has 2 saturated heterocycles. The van der Waals surface area contributed by atoms with Gasteiger partial charge in [0.1, 0.15) is 29.9 Å². The molecule has 458 valence electrons. The molecular formula is C51H72BrN10O19PS. The fraction of sp³-hybridized carbons (Fsp3) is 0.608. The molecular weight excluding hydrogens is 1200 g/mol. The predicted molar refractivity (Wildman–Crippen MR) is 299 cm³/mol. The Morgan fingerprint density at radius 3 is 2.28 bits per heavy atom. The summed E-state index contributed by atoms with van der Waals surface area (Å²) in [7, 11) is -5.10. The average molecular weight is 1270 g/mol. The van der Waals surface area contributed by atoms with Crippen LogP contribution in [0.1, 0.15) is 72.3 Å². The molecule has 5 heterocycles. The highest BCUT2D eigenvalue weighted by atomic mass is 79.9. The molecule has 32 heteroatoms. The van der Waals surface area contributed by atoms with E-state index in [2.05, 4.69) is 68.0 Å². The summed E-state index contributed by atoms with van der Waals surface area (Å²) in [5.74, 6) is -11.5. The number of carbonyl (C=O) groups excluding carboxylic acids is 9. The third-order valence-electron chi connectivity index (χ3n) is 14.6. The maximum atomic E-state index is 14.9. The molecule has 0 radical (unpaired) electrons.